The lowest BCUT2D eigenvalue weighted by atomic mass is 10.0. The normalized spacial score (nSPS) is 11.7. The second kappa shape index (κ2) is 9.23. The van der Waals surface area contributed by atoms with E-state index in [1.54, 1.807) is 12.2 Å². The van der Waals surface area contributed by atoms with Crippen LogP contribution in [0, 0.1) is 0 Å². The Labute approximate surface area is 197 Å². The fourth-order valence-corrected chi connectivity index (χ4v) is 4.13. The molecule has 0 saturated heterocycles. The van der Waals surface area contributed by atoms with E-state index in [2.05, 4.69) is 0 Å². The predicted molar refractivity (Wildman–Crippen MR) is 139 cm³/mol. The topological polar surface area (TPSA) is 30.0 Å². The summed E-state index contributed by atoms with van der Waals surface area (Å²) in [5.41, 5.74) is 4.24. The van der Waals surface area contributed by atoms with Crippen molar-refractivity contribution < 1.29 is 4.79 Å². The number of ketones is 1. The molecule has 0 aliphatic rings. The quantitative estimate of drug-likeness (QED) is 0.202. The number of carbonyl (C=O) groups is 1. The molecule has 0 spiro atoms. The molecule has 158 valence electrons. The number of aromatic nitrogens is 1. The van der Waals surface area contributed by atoms with Crippen LogP contribution in [0.4, 0.5) is 0 Å². The molecule has 1 heterocycles. The van der Waals surface area contributed by atoms with Crippen LogP contribution < -0.4 is 0 Å². The second-order valence-electron chi connectivity index (χ2n) is 7.73. The van der Waals surface area contributed by atoms with Gasteiger partial charge in [0.25, 0.3) is 0 Å². The summed E-state index contributed by atoms with van der Waals surface area (Å²) in [6.45, 7) is 0. The number of hydrogen-bond donors (Lipinski definition) is 0. The molecule has 0 amide bonds. The van der Waals surface area contributed by atoms with Crippen LogP contribution in [-0.4, -0.2) is 10.8 Å². The molecule has 0 saturated carbocycles. The number of para-hydroxylation sites is 1. The smallest absolute Gasteiger partial charge is 0.186 e. The molecule has 0 radical (unpaired) electrons. The molecule has 33 heavy (non-hydrogen) atoms. The monoisotopic (exact) mass is 445 g/mol. The number of carbonyl (C=O) groups excluding carboxylic acids is 1. The van der Waals surface area contributed by atoms with Crippen LogP contribution in [-0.2, 0) is 0 Å². The minimum atomic E-state index is -0.0464. The second-order valence-corrected chi connectivity index (χ2v) is 8.14. The standard InChI is InChI=1S/C30H20ClNO/c31-28-14-5-2-9-22(28)16-17-23-20-24(32-29-15-6-4-12-26(23)29)18-19-30(33)27-13-7-10-21-8-1-3-11-25(21)27/h1-20H/b17-16+,19-18+. The van der Waals surface area contributed by atoms with Crippen LogP contribution >= 0.6 is 11.6 Å². The number of benzene rings is 4. The van der Waals surface area contributed by atoms with E-state index < -0.39 is 0 Å². The Balaban J connectivity index is 1.51. The van der Waals surface area contributed by atoms with Gasteiger partial charge in [0, 0.05) is 16.0 Å². The lowest BCUT2D eigenvalue weighted by Crippen LogP contribution is -1.96. The van der Waals surface area contributed by atoms with E-state index in [4.69, 9.17) is 16.6 Å². The van der Waals surface area contributed by atoms with Crippen molar-refractivity contribution in [2.45, 2.75) is 0 Å². The van der Waals surface area contributed by atoms with Gasteiger partial charge in [-0.15, -0.1) is 0 Å². The van der Waals surface area contributed by atoms with Crippen LogP contribution in [0.25, 0.3) is 39.9 Å². The third-order valence-electron chi connectivity index (χ3n) is 5.58. The van der Waals surface area contributed by atoms with Crippen molar-refractivity contribution in [3.8, 4) is 0 Å². The molecular weight excluding hydrogens is 426 g/mol. The third kappa shape index (κ3) is 4.48. The molecule has 2 nitrogen and oxygen atoms in total. The van der Waals surface area contributed by atoms with Gasteiger partial charge in [-0.2, -0.15) is 0 Å². The van der Waals surface area contributed by atoms with Gasteiger partial charge in [-0.1, -0.05) is 103 Å². The van der Waals surface area contributed by atoms with Gasteiger partial charge in [0.05, 0.1) is 11.2 Å². The zero-order chi connectivity index (χ0) is 22.6. The van der Waals surface area contributed by atoms with Crippen molar-refractivity contribution in [2.75, 3.05) is 0 Å². The van der Waals surface area contributed by atoms with E-state index in [0.717, 1.165) is 38.5 Å². The van der Waals surface area contributed by atoms with Crippen molar-refractivity contribution in [2.24, 2.45) is 0 Å². The number of halogens is 1. The van der Waals surface area contributed by atoms with Crippen LogP contribution in [0.15, 0.2) is 103 Å². The van der Waals surface area contributed by atoms with Gasteiger partial charge in [0.15, 0.2) is 5.78 Å². The van der Waals surface area contributed by atoms with E-state index in [9.17, 15) is 4.79 Å². The first kappa shape index (κ1) is 20.9. The maximum atomic E-state index is 13.0. The molecule has 0 unspecified atom stereocenters. The minimum Gasteiger partial charge on any atom is -0.289 e. The van der Waals surface area contributed by atoms with Gasteiger partial charge < -0.3 is 0 Å². The van der Waals surface area contributed by atoms with Crippen molar-refractivity contribution >= 4 is 57.3 Å². The molecule has 0 bridgehead atoms. The number of hydrogen-bond acceptors (Lipinski definition) is 2. The largest absolute Gasteiger partial charge is 0.289 e. The third-order valence-corrected chi connectivity index (χ3v) is 5.92. The summed E-state index contributed by atoms with van der Waals surface area (Å²) in [4.78, 5) is 17.7. The van der Waals surface area contributed by atoms with E-state index in [0.29, 0.717) is 10.6 Å². The summed E-state index contributed by atoms with van der Waals surface area (Å²) in [6.07, 6.45) is 7.41. The molecule has 0 atom stereocenters. The first-order valence-corrected chi connectivity index (χ1v) is 11.1. The number of nitrogens with zero attached hydrogens (tertiary/aromatic N) is 1. The Morgan fingerprint density at radius 2 is 1.39 bits per heavy atom. The van der Waals surface area contributed by atoms with Crippen molar-refractivity contribution in [1.82, 2.24) is 4.98 Å². The number of pyridine rings is 1. The predicted octanol–water partition coefficient (Wildman–Crippen LogP) is 8.11. The van der Waals surface area contributed by atoms with Crippen molar-refractivity contribution in [1.29, 1.82) is 0 Å². The number of allylic oxidation sites excluding steroid dienone is 1. The van der Waals surface area contributed by atoms with Gasteiger partial charge in [0.2, 0.25) is 0 Å². The molecule has 1 aromatic heterocycles. The van der Waals surface area contributed by atoms with Crippen LogP contribution in [0.5, 0.6) is 0 Å². The lowest BCUT2D eigenvalue weighted by molar-refractivity contribution is 0.104. The highest BCUT2D eigenvalue weighted by Gasteiger charge is 2.08. The van der Waals surface area contributed by atoms with Gasteiger partial charge in [0.1, 0.15) is 0 Å². The summed E-state index contributed by atoms with van der Waals surface area (Å²) in [6, 6.07) is 31.4. The summed E-state index contributed by atoms with van der Waals surface area (Å²) in [5, 5.41) is 3.74. The van der Waals surface area contributed by atoms with E-state index >= 15 is 0 Å². The van der Waals surface area contributed by atoms with Gasteiger partial charge >= 0.3 is 0 Å². The highest BCUT2D eigenvalue weighted by Crippen LogP contribution is 2.24. The van der Waals surface area contributed by atoms with Crippen LogP contribution in [0.2, 0.25) is 5.02 Å². The Bertz CT molecular complexity index is 1540. The Kier molecular flexibility index (Phi) is 5.84. The van der Waals surface area contributed by atoms with Crippen molar-refractivity contribution in [3.05, 3.63) is 131 Å². The Morgan fingerprint density at radius 1 is 0.697 bits per heavy atom. The maximum Gasteiger partial charge on any atom is 0.186 e. The fourth-order valence-electron chi connectivity index (χ4n) is 3.93. The highest BCUT2D eigenvalue weighted by atomic mass is 35.5. The molecule has 4 aromatic carbocycles. The first-order chi connectivity index (χ1) is 16.2. The van der Waals surface area contributed by atoms with Gasteiger partial charge in [-0.05, 0) is 52.3 Å². The molecule has 5 rings (SSSR count). The van der Waals surface area contributed by atoms with Gasteiger partial charge in [-0.25, -0.2) is 4.98 Å². The van der Waals surface area contributed by atoms with E-state index in [1.165, 1.54) is 0 Å². The highest BCUT2D eigenvalue weighted by molar-refractivity contribution is 6.32. The summed E-state index contributed by atoms with van der Waals surface area (Å²) >= 11 is 6.31. The molecule has 0 fully saturated rings. The molecule has 3 heteroatoms. The average molecular weight is 446 g/mol. The minimum absolute atomic E-state index is 0.0464. The Morgan fingerprint density at radius 3 is 2.27 bits per heavy atom. The zero-order valence-corrected chi connectivity index (χ0v) is 18.5. The molecule has 0 N–H and O–H groups in total. The summed E-state index contributed by atoms with van der Waals surface area (Å²) in [5.74, 6) is -0.0464. The molecule has 0 aliphatic carbocycles. The van der Waals surface area contributed by atoms with Crippen molar-refractivity contribution in [3.63, 3.8) is 0 Å². The zero-order valence-electron chi connectivity index (χ0n) is 17.8. The number of rotatable bonds is 5. The SMILES string of the molecule is O=C(/C=C/c1cc(/C=C/c2ccccc2Cl)c2ccccc2n1)c1cccc2ccccc12. The molecular formula is C30H20ClNO. The van der Waals surface area contributed by atoms with E-state index in [1.807, 2.05) is 109 Å². The molecule has 5 aromatic rings. The summed E-state index contributed by atoms with van der Waals surface area (Å²) < 4.78 is 0. The maximum absolute atomic E-state index is 13.0. The average Bonchev–Trinajstić information content (AvgIpc) is 2.86. The number of fused-ring (bicyclic) bond motifs is 2. The fraction of sp³-hybridized carbons (Fsp3) is 0. The summed E-state index contributed by atoms with van der Waals surface area (Å²) in [7, 11) is 0. The van der Waals surface area contributed by atoms with Crippen LogP contribution in [0.3, 0.4) is 0 Å². The first-order valence-electron chi connectivity index (χ1n) is 10.7. The Hall–Kier alpha value is -4.01. The van der Waals surface area contributed by atoms with Gasteiger partial charge in [-0.3, -0.25) is 4.79 Å². The lowest BCUT2D eigenvalue weighted by Gasteiger charge is -2.05. The van der Waals surface area contributed by atoms with Crippen LogP contribution in [0.1, 0.15) is 27.2 Å². The molecule has 0 aliphatic heterocycles. The van der Waals surface area contributed by atoms with E-state index in [-0.39, 0.29) is 5.78 Å².